The Morgan fingerprint density at radius 2 is 1.90 bits per heavy atom. The molecule has 4 rings (SSSR count). The van der Waals surface area contributed by atoms with Crippen LogP contribution in [-0.4, -0.2) is 68.9 Å². The molecule has 4 heterocycles. The third-order valence-electron chi connectivity index (χ3n) is 4.92. The molecule has 10 heteroatoms. The fourth-order valence-electron chi connectivity index (χ4n) is 3.41. The molecular formula is C21H22N6O4. The first-order chi connectivity index (χ1) is 15.1. The average Bonchev–Trinajstić information content (AvgIpc) is 3.48. The number of carbonyl (C=O) groups excluding carboxylic acids is 2. The van der Waals surface area contributed by atoms with Gasteiger partial charge in [-0.2, -0.15) is 10.1 Å². The van der Waals surface area contributed by atoms with Gasteiger partial charge >= 0.3 is 0 Å². The minimum atomic E-state index is -0.352. The van der Waals surface area contributed by atoms with E-state index in [1.165, 1.54) is 24.2 Å². The van der Waals surface area contributed by atoms with E-state index in [0.29, 0.717) is 25.4 Å². The SMILES string of the molecule is COc1ccc(C(=O)N2CCCN2C(=O)Cn2ccc(-c3cccnc3)n2)c(OC)n1. The molecule has 0 saturated carbocycles. The molecular weight excluding hydrogens is 400 g/mol. The summed E-state index contributed by atoms with van der Waals surface area (Å²) in [5, 5.41) is 7.33. The van der Waals surface area contributed by atoms with Crippen LogP contribution in [0.15, 0.2) is 48.9 Å². The molecule has 0 unspecified atom stereocenters. The molecule has 1 saturated heterocycles. The van der Waals surface area contributed by atoms with Gasteiger partial charge in [0.15, 0.2) is 0 Å². The Hall–Kier alpha value is -3.95. The van der Waals surface area contributed by atoms with E-state index < -0.39 is 0 Å². The highest BCUT2D eigenvalue weighted by molar-refractivity contribution is 5.97. The predicted molar refractivity (Wildman–Crippen MR) is 110 cm³/mol. The first-order valence-electron chi connectivity index (χ1n) is 9.75. The maximum atomic E-state index is 13.1. The smallest absolute Gasteiger partial charge is 0.277 e. The standard InChI is InChI=1S/C21H22N6O4/c1-30-18-7-6-16(20(23-18)31-2)21(29)27-11-4-10-26(27)19(28)14-25-12-8-17(24-25)15-5-3-9-22-13-15/h3,5-9,12-13H,4,10-11,14H2,1-2H3. The van der Waals surface area contributed by atoms with Crippen molar-refractivity contribution in [2.24, 2.45) is 0 Å². The van der Waals surface area contributed by atoms with Crippen molar-refractivity contribution >= 4 is 11.8 Å². The second-order valence-electron chi connectivity index (χ2n) is 6.85. The van der Waals surface area contributed by atoms with Gasteiger partial charge in [-0.25, -0.2) is 10.0 Å². The summed E-state index contributed by atoms with van der Waals surface area (Å²) in [6.07, 6.45) is 5.82. The summed E-state index contributed by atoms with van der Waals surface area (Å²) in [6.45, 7) is 0.898. The number of amides is 2. The van der Waals surface area contributed by atoms with Crippen LogP contribution in [0.1, 0.15) is 16.8 Å². The molecule has 3 aromatic rings. The fraction of sp³-hybridized carbons (Fsp3) is 0.286. The van der Waals surface area contributed by atoms with Gasteiger partial charge in [0, 0.05) is 43.3 Å². The molecule has 0 bridgehead atoms. The van der Waals surface area contributed by atoms with E-state index in [0.717, 1.165) is 11.3 Å². The Morgan fingerprint density at radius 1 is 1.06 bits per heavy atom. The van der Waals surface area contributed by atoms with Gasteiger partial charge in [0.05, 0.1) is 19.9 Å². The number of pyridine rings is 2. The van der Waals surface area contributed by atoms with E-state index in [9.17, 15) is 9.59 Å². The van der Waals surface area contributed by atoms with Crippen molar-refractivity contribution in [2.45, 2.75) is 13.0 Å². The third kappa shape index (κ3) is 4.18. The summed E-state index contributed by atoms with van der Waals surface area (Å²) in [4.78, 5) is 34.3. The largest absolute Gasteiger partial charge is 0.481 e. The van der Waals surface area contributed by atoms with Crippen LogP contribution in [0.2, 0.25) is 0 Å². The zero-order valence-corrected chi connectivity index (χ0v) is 17.3. The molecule has 160 valence electrons. The van der Waals surface area contributed by atoms with Crippen molar-refractivity contribution in [1.82, 2.24) is 29.8 Å². The Bertz CT molecular complexity index is 1080. The fourth-order valence-corrected chi connectivity index (χ4v) is 3.41. The summed E-state index contributed by atoms with van der Waals surface area (Å²) in [5.74, 6) is -0.0933. The molecule has 1 fully saturated rings. The highest BCUT2D eigenvalue weighted by Crippen LogP contribution is 2.24. The molecule has 2 amide bonds. The first-order valence-corrected chi connectivity index (χ1v) is 9.75. The van der Waals surface area contributed by atoms with E-state index in [2.05, 4.69) is 15.1 Å². The van der Waals surface area contributed by atoms with E-state index in [-0.39, 0.29) is 29.8 Å². The molecule has 0 N–H and O–H groups in total. The van der Waals surface area contributed by atoms with Crippen molar-refractivity contribution in [2.75, 3.05) is 27.3 Å². The van der Waals surface area contributed by atoms with Gasteiger partial charge in [0.1, 0.15) is 12.1 Å². The minimum Gasteiger partial charge on any atom is -0.481 e. The molecule has 1 aliphatic rings. The second-order valence-corrected chi connectivity index (χ2v) is 6.85. The zero-order chi connectivity index (χ0) is 21.8. The third-order valence-corrected chi connectivity index (χ3v) is 4.92. The first kappa shape index (κ1) is 20.3. The molecule has 3 aromatic heterocycles. The minimum absolute atomic E-state index is 0.0159. The van der Waals surface area contributed by atoms with Crippen LogP contribution in [0, 0.1) is 0 Å². The zero-order valence-electron chi connectivity index (χ0n) is 17.3. The lowest BCUT2D eigenvalue weighted by molar-refractivity contribution is -0.141. The molecule has 0 radical (unpaired) electrons. The molecule has 0 spiro atoms. The molecule has 0 aromatic carbocycles. The van der Waals surface area contributed by atoms with Gasteiger partial charge in [-0.15, -0.1) is 0 Å². The number of nitrogens with zero attached hydrogens (tertiary/aromatic N) is 6. The Balaban J connectivity index is 1.49. The van der Waals surface area contributed by atoms with Crippen molar-refractivity contribution < 1.29 is 19.1 Å². The van der Waals surface area contributed by atoms with Crippen LogP contribution >= 0.6 is 0 Å². The highest BCUT2D eigenvalue weighted by atomic mass is 16.5. The number of methoxy groups -OCH3 is 2. The summed E-state index contributed by atoms with van der Waals surface area (Å²) < 4.78 is 11.9. The lowest BCUT2D eigenvalue weighted by atomic mass is 10.2. The number of aromatic nitrogens is 4. The summed E-state index contributed by atoms with van der Waals surface area (Å²) in [6, 6.07) is 8.72. The van der Waals surface area contributed by atoms with Crippen molar-refractivity contribution in [3.63, 3.8) is 0 Å². The number of carbonyl (C=O) groups is 2. The molecule has 0 atom stereocenters. The van der Waals surface area contributed by atoms with Gasteiger partial charge < -0.3 is 9.47 Å². The number of hydrogen-bond donors (Lipinski definition) is 0. The summed E-state index contributed by atoms with van der Waals surface area (Å²) >= 11 is 0. The van der Waals surface area contributed by atoms with Gasteiger partial charge in [0.25, 0.3) is 11.8 Å². The number of hydrazine groups is 1. The van der Waals surface area contributed by atoms with Crippen molar-refractivity contribution in [3.8, 4) is 23.0 Å². The van der Waals surface area contributed by atoms with E-state index in [1.807, 2.05) is 18.2 Å². The second kappa shape index (κ2) is 8.82. The van der Waals surface area contributed by atoms with Crippen LogP contribution in [0.4, 0.5) is 0 Å². The quantitative estimate of drug-likeness (QED) is 0.595. The van der Waals surface area contributed by atoms with Crippen LogP contribution in [0.5, 0.6) is 11.8 Å². The molecule has 31 heavy (non-hydrogen) atoms. The van der Waals surface area contributed by atoms with Crippen molar-refractivity contribution in [1.29, 1.82) is 0 Å². The van der Waals surface area contributed by atoms with Crippen LogP contribution < -0.4 is 9.47 Å². The molecule has 1 aliphatic heterocycles. The van der Waals surface area contributed by atoms with Crippen LogP contribution in [0.3, 0.4) is 0 Å². The lowest BCUT2D eigenvalue weighted by Crippen LogP contribution is -2.46. The average molecular weight is 422 g/mol. The van der Waals surface area contributed by atoms with Crippen molar-refractivity contribution in [3.05, 3.63) is 54.5 Å². The van der Waals surface area contributed by atoms with Crippen LogP contribution in [-0.2, 0) is 11.3 Å². The topological polar surface area (TPSA) is 103 Å². The maximum Gasteiger partial charge on any atom is 0.277 e. The van der Waals surface area contributed by atoms with E-state index in [4.69, 9.17) is 9.47 Å². The number of ether oxygens (including phenoxy) is 2. The Morgan fingerprint density at radius 3 is 2.65 bits per heavy atom. The maximum absolute atomic E-state index is 13.1. The number of hydrogen-bond acceptors (Lipinski definition) is 7. The predicted octanol–water partition coefficient (Wildman–Crippen LogP) is 1.65. The van der Waals surface area contributed by atoms with E-state index in [1.54, 1.807) is 35.4 Å². The Kier molecular flexibility index (Phi) is 5.78. The summed E-state index contributed by atoms with van der Waals surface area (Å²) in [7, 11) is 2.92. The van der Waals surface area contributed by atoms with Gasteiger partial charge in [0.2, 0.25) is 11.8 Å². The molecule has 0 aliphatic carbocycles. The van der Waals surface area contributed by atoms with Gasteiger partial charge in [-0.05, 0) is 30.7 Å². The lowest BCUT2D eigenvalue weighted by Gasteiger charge is -2.28. The summed E-state index contributed by atoms with van der Waals surface area (Å²) in [5.41, 5.74) is 1.86. The number of rotatable bonds is 6. The molecule has 10 nitrogen and oxygen atoms in total. The van der Waals surface area contributed by atoms with Gasteiger partial charge in [-0.3, -0.25) is 19.3 Å². The highest BCUT2D eigenvalue weighted by Gasteiger charge is 2.33. The normalized spacial score (nSPS) is 13.4. The van der Waals surface area contributed by atoms with E-state index >= 15 is 0 Å². The van der Waals surface area contributed by atoms with Gasteiger partial charge in [-0.1, -0.05) is 0 Å². The monoisotopic (exact) mass is 422 g/mol. The van der Waals surface area contributed by atoms with Crippen LogP contribution in [0.25, 0.3) is 11.3 Å². The Labute approximate surface area is 179 Å².